The van der Waals surface area contributed by atoms with Gasteiger partial charge in [-0.25, -0.2) is 0 Å². The van der Waals surface area contributed by atoms with Gasteiger partial charge >= 0.3 is 0 Å². The molecule has 0 fully saturated rings. The van der Waals surface area contributed by atoms with Gasteiger partial charge in [0, 0.05) is 30.7 Å². The number of hydrogen-bond acceptors (Lipinski definition) is 2. The molecule has 2 aromatic rings. The van der Waals surface area contributed by atoms with E-state index in [-0.39, 0.29) is 0 Å². The van der Waals surface area contributed by atoms with E-state index in [9.17, 15) is 0 Å². The van der Waals surface area contributed by atoms with Crippen molar-refractivity contribution in [2.24, 2.45) is 0 Å². The highest BCUT2D eigenvalue weighted by molar-refractivity contribution is 5.14. The fraction of sp³-hybridized carbons (Fsp3) is 0.400. The van der Waals surface area contributed by atoms with Gasteiger partial charge in [-0.2, -0.15) is 0 Å². The van der Waals surface area contributed by atoms with Crippen molar-refractivity contribution in [2.75, 3.05) is 0 Å². The van der Waals surface area contributed by atoms with Crippen molar-refractivity contribution < 1.29 is 0 Å². The second-order valence-electron chi connectivity index (χ2n) is 5.00. The van der Waals surface area contributed by atoms with Gasteiger partial charge in [0.25, 0.3) is 0 Å². The first kappa shape index (κ1) is 12.8. The second kappa shape index (κ2) is 5.83. The highest BCUT2D eigenvalue weighted by Gasteiger charge is 2.00. The van der Waals surface area contributed by atoms with E-state index < -0.39 is 0 Å². The third-order valence-electron chi connectivity index (χ3n) is 2.82. The molecule has 0 bridgehead atoms. The third kappa shape index (κ3) is 3.70. The normalized spacial score (nSPS) is 11.1. The Labute approximate surface area is 109 Å². The van der Waals surface area contributed by atoms with E-state index in [1.54, 1.807) is 0 Å². The van der Waals surface area contributed by atoms with E-state index in [0.717, 1.165) is 24.5 Å². The Bertz CT molecular complexity index is 500. The lowest BCUT2D eigenvalue weighted by Crippen LogP contribution is -2.21. The molecule has 0 saturated carbocycles. The van der Waals surface area contributed by atoms with Crippen LogP contribution < -0.4 is 5.32 Å². The van der Waals surface area contributed by atoms with Gasteiger partial charge in [0.1, 0.15) is 0 Å². The van der Waals surface area contributed by atoms with Crippen LogP contribution >= 0.6 is 0 Å². The van der Waals surface area contributed by atoms with Crippen LogP contribution in [0.1, 0.15) is 30.8 Å². The molecule has 0 spiro atoms. The molecule has 0 aliphatic heterocycles. The molecule has 0 aliphatic rings. The van der Waals surface area contributed by atoms with Crippen molar-refractivity contribution >= 4 is 0 Å². The molecule has 0 unspecified atom stereocenters. The Hall–Kier alpha value is -1.61. The molecule has 3 heteroatoms. The fourth-order valence-electron chi connectivity index (χ4n) is 1.89. The number of aryl methyl sites for hydroxylation is 1. The number of hydrogen-bond donors (Lipinski definition) is 1. The Kier molecular flexibility index (Phi) is 4.15. The smallest absolute Gasteiger partial charge is 0.0642 e. The van der Waals surface area contributed by atoms with Crippen LogP contribution in [0.15, 0.2) is 36.7 Å². The standard InChI is InChI=1S/C15H21N3/c1-12(2)16-9-14-7-8-18(10-14)11-15-6-4-5-13(3)17-15/h4-8,10,12,16H,9,11H2,1-3H3. The van der Waals surface area contributed by atoms with Crippen molar-refractivity contribution in [3.05, 3.63) is 53.6 Å². The lowest BCUT2D eigenvalue weighted by Gasteiger charge is -2.06. The summed E-state index contributed by atoms with van der Waals surface area (Å²) < 4.78 is 2.18. The molecule has 3 nitrogen and oxygen atoms in total. The summed E-state index contributed by atoms with van der Waals surface area (Å²) in [6, 6.07) is 8.83. The van der Waals surface area contributed by atoms with Gasteiger partial charge < -0.3 is 9.88 Å². The number of nitrogens with zero attached hydrogens (tertiary/aromatic N) is 2. The Morgan fingerprint density at radius 1 is 1.28 bits per heavy atom. The van der Waals surface area contributed by atoms with E-state index in [2.05, 4.69) is 59.3 Å². The molecule has 0 atom stereocenters. The van der Waals surface area contributed by atoms with Gasteiger partial charge in [-0.05, 0) is 30.7 Å². The summed E-state index contributed by atoms with van der Waals surface area (Å²) in [6.45, 7) is 8.10. The summed E-state index contributed by atoms with van der Waals surface area (Å²) in [5.74, 6) is 0. The van der Waals surface area contributed by atoms with Crippen molar-refractivity contribution in [1.82, 2.24) is 14.9 Å². The monoisotopic (exact) mass is 243 g/mol. The van der Waals surface area contributed by atoms with Crippen molar-refractivity contribution in [3.8, 4) is 0 Å². The topological polar surface area (TPSA) is 29.9 Å². The van der Waals surface area contributed by atoms with Crippen LogP contribution in [-0.2, 0) is 13.1 Å². The molecule has 2 heterocycles. The van der Waals surface area contributed by atoms with Crippen molar-refractivity contribution in [3.63, 3.8) is 0 Å². The molecule has 0 saturated heterocycles. The van der Waals surface area contributed by atoms with E-state index >= 15 is 0 Å². The van der Waals surface area contributed by atoms with Crippen LogP contribution in [0.2, 0.25) is 0 Å². The van der Waals surface area contributed by atoms with Crippen molar-refractivity contribution in [1.29, 1.82) is 0 Å². The lowest BCUT2D eigenvalue weighted by molar-refractivity contribution is 0.588. The predicted molar refractivity (Wildman–Crippen MR) is 74.5 cm³/mol. The zero-order chi connectivity index (χ0) is 13.0. The number of nitrogens with one attached hydrogen (secondary N) is 1. The number of aromatic nitrogens is 2. The highest BCUT2D eigenvalue weighted by Crippen LogP contribution is 2.06. The SMILES string of the molecule is Cc1cccc(Cn2ccc(CNC(C)C)c2)n1. The van der Waals surface area contributed by atoms with E-state index in [0.29, 0.717) is 6.04 Å². The molecule has 18 heavy (non-hydrogen) atoms. The molecular weight excluding hydrogens is 222 g/mol. The minimum Gasteiger partial charge on any atom is -0.348 e. The van der Waals surface area contributed by atoms with Gasteiger partial charge in [-0.15, -0.1) is 0 Å². The Morgan fingerprint density at radius 3 is 2.83 bits per heavy atom. The van der Waals surface area contributed by atoms with Gasteiger partial charge in [0.2, 0.25) is 0 Å². The first-order chi connectivity index (χ1) is 8.63. The van der Waals surface area contributed by atoms with E-state index in [4.69, 9.17) is 0 Å². The molecule has 96 valence electrons. The summed E-state index contributed by atoms with van der Waals surface area (Å²) in [4.78, 5) is 4.52. The average molecular weight is 243 g/mol. The zero-order valence-corrected chi connectivity index (χ0v) is 11.4. The van der Waals surface area contributed by atoms with Gasteiger partial charge in [0.15, 0.2) is 0 Å². The number of pyridine rings is 1. The summed E-state index contributed by atoms with van der Waals surface area (Å²) in [5, 5.41) is 3.42. The zero-order valence-electron chi connectivity index (χ0n) is 11.4. The fourth-order valence-corrected chi connectivity index (χ4v) is 1.89. The third-order valence-corrected chi connectivity index (χ3v) is 2.82. The van der Waals surface area contributed by atoms with Crippen LogP contribution in [0, 0.1) is 6.92 Å². The van der Waals surface area contributed by atoms with Crippen molar-refractivity contribution in [2.45, 2.75) is 39.9 Å². The number of rotatable bonds is 5. The van der Waals surface area contributed by atoms with E-state index in [1.807, 2.05) is 13.0 Å². The highest BCUT2D eigenvalue weighted by atomic mass is 15.0. The van der Waals surface area contributed by atoms with Gasteiger partial charge in [-0.1, -0.05) is 19.9 Å². The van der Waals surface area contributed by atoms with Crippen LogP contribution in [0.5, 0.6) is 0 Å². The maximum absolute atomic E-state index is 4.52. The van der Waals surface area contributed by atoms with Crippen LogP contribution in [0.4, 0.5) is 0 Å². The molecule has 0 radical (unpaired) electrons. The lowest BCUT2D eigenvalue weighted by atomic mass is 10.3. The minimum absolute atomic E-state index is 0.520. The first-order valence-electron chi connectivity index (χ1n) is 6.44. The van der Waals surface area contributed by atoms with Gasteiger partial charge in [-0.3, -0.25) is 4.98 Å². The summed E-state index contributed by atoms with van der Waals surface area (Å²) >= 11 is 0. The largest absolute Gasteiger partial charge is 0.348 e. The molecule has 0 aromatic carbocycles. The quantitative estimate of drug-likeness (QED) is 0.875. The molecule has 2 aromatic heterocycles. The molecular formula is C15H21N3. The summed E-state index contributed by atoms with van der Waals surface area (Å²) in [5.41, 5.74) is 3.49. The first-order valence-corrected chi connectivity index (χ1v) is 6.44. The van der Waals surface area contributed by atoms with Crippen LogP contribution in [-0.4, -0.2) is 15.6 Å². The molecule has 1 N–H and O–H groups in total. The maximum atomic E-state index is 4.52. The van der Waals surface area contributed by atoms with E-state index in [1.165, 1.54) is 5.56 Å². The second-order valence-corrected chi connectivity index (χ2v) is 5.00. The molecule has 0 aliphatic carbocycles. The maximum Gasteiger partial charge on any atom is 0.0642 e. The van der Waals surface area contributed by atoms with Gasteiger partial charge in [0.05, 0.1) is 12.2 Å². The minimum atomic E-state index is 0.520. The summed E-state index contributed by atoms with van der Waals surface area (Å²) in [6.07, 6.45) is 4.29. The molecule has 2 rings (SSSR count). The van der Waals surface area contributed by atoms with Crippen LogP contribution in [0.3, 0.4) is 0 Å². The Balaban J connectivity index is 1.98. The van der Waals surface area contributed by atoms with Crippen LogP contribution in [0.25, 0.3) is 0 Å². The molecule has 0 amide bonds. The Morgan fingerprint density at radius 2 is 2.11 bits per heavy atom. The summed E-state index contributed by atoms with van der Waals surface area (Å²) in [7, 11) is 0. The predicted octanol–water partition coefficient (Wildman–Crippen LogP) is 2.74. The average Bonchev–Trinajstić information content (AvgIpc) is 2.74.